The Balaban J connectivity index is 1.73. The number of rotatable bonds is 6. The summed E-state index contributed by atoms with van der Waals surface area (Å²) in [7, 11) is 0. The average molecular weight is 437 g/mol. The zero-order valence-corrected chi connectivity index (χ0v) is 17.8. The first-order chi connectivity index (χ1) is 15.5. The van der Waals surface area contributed by atoms with Gasteiger partial charge in [-0.25, -0.2) is 4.39 Å². The second-order valence-electron chi connectivity index (χ2n) is 7.68. The quantitative estimate of drug-likeness (QED) is 0.638. The Morgan fingerprint density at radius 1 is 1.22 bits per heavy atom. The molecule has 3 heterocycles. The van der Waals surface area contributed by atoms with Crippen LogP contribution in [0.4, 0.5) is 4.39 Å². The van der Waals surface area contributed by atoms with Crippen molar-refractivity contribution in [3.8, 4) is 5.69 Å². The van der Waals surface area contributed by atoms with Gasteiger partial charge < -0.3 is 10.2 Å². The van der Waals surface area contributed by atoms with Crippen molar-refractivity contribution in [2.45, 2.75) is 32.9 Å². The maximum absolute atomic E-state index is 13.4. The van der Waals surface area contributed by atoms with Crippen LogP contribution in [0.1, 0.15) is 34.8 Å². The van der Waals surface area contributed by atoms with E-state index in [0.717, 1.165) is 12.0 Å². The third-order valence-corrected chi connectivity index (χ3v) is 5.48. The van der Waals surface area contributed by atoms with Gasteiger partial charge in [0.1, 0.15) is 17.9 Å². The summed E-state index contributed by atoms with van der Waals surface area (Å²) in [4.78, 5) is 40.6. The molecular weight excluding hydrogens is 413 g/mol. The van der Waals surface area contributed by atoms with E-state index in [1.807, 2.05) is 6.92 Å². The first-order valence-electron chi connectivity index (χ1n) is 10.5. The van der Waals surface area contributed by atoms with E-state index in [1.165, 1.54) is 28.8 Å². The second kappa shape index (κ2) is 9.17. The SMILES string of the molecule is CCCNC(=O)c1c2c(cn(-c3ccc(F)cc3)c1=O)CN(C(=O)Cn1cccn1)CC2. The molecule has 8 nitrogen and oxygen atoms in total. The number of carbonyl (C=O) groups is 2. The number of benzene rings is 1. The number of aromatic nitrogens is 3. The summed E-state index contributed by atoms with van der Waals surface area (Å²) in [6.45, 7) is 3.17. The third-order valence-electron chi connectivity index (χ3n) is 5.48. The lowest BCUT2D eigenvalue weighted by Gasteiger charge is -2.30. The minimum atomic E-state index is -0.458. The minimum absolute atomic E-state index is 0.0828. The monoisotopic (exact) mass is 437 g/mol. The lowest BCUT2D eigenvalue weighted by Crippen LogP contribution is -2.42. The number of hydrogen-bond donors (Lipinski definition) is 1. The highest BCUT2D eigenvalue weighted by atomic mass is 19.1. The highest BCUT2D eigenvalue weighted by Gasteiger charge is 2.28. The second-order valence-corrected chi connectivity index (χ2v) is 7.68. The fourth-order valence-corrected chi connectivity index (χ4v) is 3.86. The highest BCUT2D eigenvalue weighted by Crippen LogP contribution is 2.22. The van der Waals surface area contributed by atoms with Gasteiger partial charge in [-0.05, 0) is 54.3 Å². The summed E-state index contributed by atoms with van der Waals surface area (Å²) in [5, 5.41) is 6.86. The number of amides is 2. The molecule has 0 saturated carbocycles. The number of halogens is 1. The maximum atomic E-state index is 13.4. The van der Waals surface area contributed by atoms with Crippen LogP contribution in [-0.2, 0) is 24.3 Å². The predicted octanol–water partition coefficient (Wildman–Crippen LogP) is 1.90. The van der Waals surface area contributed by atoms with Crippen LogP contribution < -0.4 is 10.9 Å². The van der Waals surface area contributed by atoms with Gasteiger partial charge in [-0.1, -0.05) is 6.92 Å². The van der Waals surface area contributed by atoms with Crippen molar-refractivity contribution in [3.63, 3.8) is 0 Å². The first-order valence-corrected chi connectivity index (χ1v) is 10.5. The van der Waals surface area contributed by atoms with Gasteiger partial charge in [0.2, 0.25) is 5.91 Å². The summed E-state index contributed by atoms with van der Waals surface area (Å²) in [6.07, 6.45) is 6.12. The summed E-state index contributed by atoms with van der Waals surface area (Å²) in [5.41, 5.74) is 1.45. The van der Waals surface area contributed by atoms with Crippen LogP contribution in [-0.4, -0.2) is 44.2 Å². The van der Waals surface area contributed by atoms with Crippen LogP contribution in [0, 0.1) is 5.82 Å². The van der Waals surface area contributed by atoms with Crippen molar-refractivity contribution in [3.05, 3.63) is 81.8 Å². The number of pyridine rings is 1. The summed E-state index contributed by atoms with van der Waals surface area (Å²) < 4.78 is 16.3. The van der Waals surface area contributed by atoms with Gasteiger partial charge in [0.15, 0.2) is 0 Å². The Labute approximate surface area is 184 Å². The van der Waals surface area contributed by atoms with E-state index >= 15 is 0 Å². The molecule has 0 unspecified atom stereocenters. The number of fused-ring (bicyclic) bond motifs is 1. The van der Waals surface area contributed by atoms with Crippen LogP contribution in [0.25, 0.3) is 5.69 Å². The topological polar surface area (TPSA) is 89.2 Å². The van der Waals surface area contributed by atoms with Gasteiger partial charge in [-0.3, -0.25) is 23.6 Å². The Bertz CT molecular complexity index is 1190. The molecule has 0 fully saturated rings. The van der Waals surface area contributed by atoms with Gasteiger partial charge in [-0.2, -0.15) is 5.10 Å². The van der Waals surface area contributed by atoms with Crippen molar-refractivity contribution >= 4 is 11.8 Å². The molecule has 1 aliphatic heterocycles. The fraction of sp³-hybridized carbons (Fsp3) is 0.304. The van der Waals surface area contributed by atoms with E-state index in [9.17, 15) is 18.8 Å². The van der Waals surface area contributed by atoms with Crippen molar-refractivity contribution in [2.75, 3.05) is 13.1 Å². The van der Waals surface area contributed by atoms with Crippen LogP contribution in [0.3, 0.4) is 0 Å². The maximum Gasteiger partial charge on any atom is 0.268 e. The number of nitrogens with zero attached hydrogens (tertiary/aromatic N) is 4. The zero-order chi connectivity index (χ0) is 22.7. The molecule has 0 spiro atoms. The van der Waals surface area contributed by atoms with Crippen LogP contribution in [0.15, 0.2) is 53.7 Å². The Morgan fingerprint density at radius 3 is 2.69 bits per heavy atom. The largest absolute Gasteiger partial charge is 0.352 e. The molecule has 1 aliphatic rings. The molecule has 0 radical (unpaired) electrons. The normalized spacial score (nSPS) is 13.0. The third kappa shape index (κ3) is 4.32. The standard InChI is InChI=1S/C23H24FN5O3/c1-2-9-25-22(31)21-19-8-12-27(20(30)15-28-11-3-10-26-28)13-16(19)14-29(23(21)32)18-6-4-17(24)5-7-18/h3-7,10-11,14H,2,8-9,12-13,15H2,1H3,(H,25,31). The molecule has 4 rings (SSSR count). The summed E-state index contributed by atoms with van der Waals surface area (Å²) in [5.74, 6) is -0.951. The van der Waals surface area contributed by atoms with Crippen LogP contribution in [0.5, 0.6) is 0 Å². The predicted molar refractivity (Wildman–Crippen MR) is 116 cm³/mol. The van der Waals surface area contributed by atoms with Crippen molar-refractivity contribution < 1.29 is 14.0 Å². The van der Waals surface area contributed by atoms with Crippen molar-refractivity contribution in [2.24, 2.45) is 0 Å². The molecular formula is C23H24FN5O3. The van der Waals surface area contributed by atoms with Gasteiger partial charge >= 0.3 is 0 Å². The number of nitrogens with one attached hydrogen (secondary N) is 1. The van der Waals surface area contributed by atoms with Gasteiger partial charge in [0, 0.05) is 43.9 Å². The van der Waals surface area contributed by atoms with E-state index in [-0.39, 0.29) is 24.6 Å². The summed E-state index contributed by atoms with van der Waals surface area (Å²) in [6, 6.07) is 7.25. The molecule has 0 atom stereocenters. The van der Waals surface area contributed by atoms with Crippen molar-refractivity contribution in [1.82, 2.24) is 24.6 Å². The number of hydrogen-bond acceptors (Lipinski definition) is 4. The average Bonchev–Trinajstić information content (AvgIpc) is 3.30. The van der Waals surface area contributed by atoms with Crippen LogP contribution >= 0.6 is 0 Å². The Hall–Kier alpha value is -3.75. The molecule has 0 saturated heterocycles. The van der Waals surface area contributed by atoms with Gasteiger partial charge in [0.05, 0.1) is 0 Å². The lowest BCUT2D eigenvalue weighted by molar-refractivity contribution is -0.133. The van der Waals surface area contributed by atoms with Crippen molar-refractivity contribution in [1.29, 1.82) is 0 Å². The fourth-order valence-electron chi connectivity index (χ4n) is 3.86. The van der Waals surface area contributed by atoms with E-state index in [4.69, 9.17) is 0 Å². The van der Waals surface area contributed by atoms with Crippen LogP contribution in [0.2, 0.25) is 0 Å². The summed E-state index contributed by atoms with van der Waals surface area (Å²) >= 11 is 0. The Kier molecular flexibility index (Phi) is 6.16. The van der Waals surface area contributed by atoms with Gasteiger partial charge in [-0.15, -0.1) is 0 Å². The molecule has 32 heavy (non-hydrogen) atoms. The van der Waals surface area contributed by atoms with E-state index < -0.39 is 17.3 Å². The van der Waals surface area contributed by atoms with E-state index in [1.54, 1.807) is 34.2 Å². The Morgan fingerprint density at radius 2 is 2.00 bits per heavy atom. The van der Waals surface area contributed by atoms with E-state index in [0.29, 0.717) is 30.8 Å². The highest BCUT2D eigenvalue weighted by molar-refractivity contribution is 5.96. The first kappa shape index (κ1) is 21.5. The molecule has 2 aromatic heterocycles. The zero-order valence-electron chi connectivity index (χ0n) is 17.8. The molecule has 3 aromatic rings. The molecule has 1 N–H and O–H groups in total. The lowest BCUT2D eigenvalue weighted by atomic mass is 9.95. The smallest absolute Gasteiger partial charge is 0.268 e. The van der Waals surface area contributed by atoms with Gasteiger partial charge in [0.25, 0.3) is 11.5 Å². The molecule has 2 amide bonds. The number of carbonyl (C=O) groups excluding carboxylic acids is 2. The van der Waals surface area contributed by atoms with E-state index in [2.05, 4.69) is 10.4 Å². The molecule has 0 aliphatic carbocycles. The molecule has 0 bridgehead atoms. The minimum Gasteiger partial charge on any atom is -0.352 e. The molecule has 166 valence electrons. The molecule has 9 heteroatoms. The molecule has 1 aromatic carbocycles.